The Morgan fingerprint density at radius 3 is 2.92 bits per heavy atom. The zero-order valence-electron chi connectivity index (χ0n) is 13.7. The number of aromatic nitrogens is 2. The fourth-order valence-corrected chi connectivity index (χ4v) is 5.19. The summed E-state index contributed by atoms with van der Waals surface area (Å²) >= 11 is 3.45. The van der Waals surface area contributed by atoms with Crippen LogP contribution in [0.1, 0.15) is 24.0 Å². The average Bonchev–Trinajstić information content (AvgIpc) is 3.06. The van der Waals surface area contributed by atoms with E-state index >= 15 is 0 Å². The van der Waals surface area contributed by atoms with Crippen LogP contribution in [0, 0.1) is 0 Å². The largest absolute Gasteiger partial charge is 0.384 e. The summed E-state index contributed by atoms with van der Waals surface area (Å²) < 4.78 is 5.17. The molecule has 0 atom stereocenters. The van der Waals surface area contributed by atoms with Crippen molar-refractivity contribution in [3.63, 3.8) is 0 Å². The van der Waals surface area contributed by atoms with E-state index in [1.165, 1.54) is 53.3 Å². The lowest BCUT2D eigenvalue weighted by Crippen LogP contribution is -2.02. The molecule has 3 nitrogen and oxygen atoms in total. The van der Waals surface area contributed by atoms with E-state index in [9.17, 15) is 0 Å². The molecule has 0 spiro atoms. The van der Waals surface area contributed by atoms with Gasteiger partial charge >= 0.3 is 0 Å². The van der Waals surface area contributed by atoms with Crippen LogP contribution in [0.25, 0.3) is 21.3 Å². The normalized spacial score (nSPS) is 14.0. The van der Waals surface area contributed by atoms with Gasteiger partial charge in [0.15, 0.2) is 0 Å². The predicted octanol–water partition coefficient (Wildman–Crippen LogP) is 4.98. The Morgan fingerprint density at radius 2 is 2.04 bits per heavy atom. The zero-order chi connectivity index (χ0) is 16.4. The monoisotopic (exact) mass is 356 g/mol. The van der Waals surface area contributed by atoms with Gasteiger partial charge in [0.2, 0.25) is 0 Å². The fraction of sp³-hybridized carbons (Fsp3) is 0.368. The second-order valence-electron chi connectivity index (χ2n) is 6.04. The van der Waals surface area contributed by atoms with Crippen LogP contribution in [0.4, 0.5) is 0 Å². The maximum atomic E-state index is 5.17. The van der Waals surface area contributed by atoms with Crippen molar-refractivity contribution >= 4 is 33.3 Å². The summed E-state index contributed by atoms with van der Waals surface area (Å²) in [6.45, 7) is 0.731. The van der Waals surface area contributed by atoms with Gasteiger partial charge in [-0.1, -0.05) is 18.2 Å². The summed E-state index contributed by atoms with van der Waals surface area (Å²) in [5, 5.41) is 4.48. The first-order chi connectivity index (χ1) is 11.9. The quantitative estimate of drug-likeness (QED) is 0.367. The van der Waals surface area contributed by atoms with E-state index in [4.69, 9.17) is 4.74 Å². The molecule has 0 unspecified atom stereocenters. The van der Waals surface area contributed by atoms with Crippen LogP contribution in [0.15, 0.2) is 34.9 Å². The number of rotatable bonds is 5. The highest BCUT2D eigenvalue weighted by molar-refractivity contribution is 7.99. The van der Waals surface area contributed by atoms with E-state index in [0.29, 0.717) is 0 Å². The number of aryl methyl sites for hydroxylation is 2. The average molecular weight is 357 g/mol. The Morgan fingerprint density at radius 1 is 1.17 bits per heavy atom. The van der Waals surface area contributed by atoms with E-state index in [1.54, 1.807) is 36.5 Å². The summed E-state index contributed by atoms with van der Waals surface area (Å²) in [6, 6.07) is 6.96. The van der Waals surface area contributed by atoms with Crippen molar-refractivity contribution in [1.29, 1.82) is 0 Å². The van der Waals surface area contributed by atoms with Gasteiger partial charge < -0.3 is 4.74 Å². The van der Waals surface area contributed by atoms with Gasteiger partial charge in [0, 0.05) is 23.8 Å². The van der Waals surface area contributed by atoms with Gasteiger partial charge in [-0.15, -0.1) is 23.1 Å². The minimum absolute atomic E-state index is 0.731. The van der Waals surface area contributed by atoms with Crippen LogP contribution in [-0.2, 0) is 17.6 Å². The lowest BCUT2D eigenvalue weighted by Gasteiger charge is -2.16. The highest BCUT2D eigenvalue weighted by Crippen LogP contribution is 2.39. The summed E-state index contributed by atoms with van der Waals surface area (Å²) in [5.41, 5.74) is 5.60. The molecule has 1 aromatic carbocycles. The predicted molar refractivity (Wildman–Crippen MR) is 102 cm³/mol. The molecular formula is C19H20N2OS2. The van der Waals surface area contributed by atoms with Gasteiger partial charge in [0.1, 0.15) is 16.2 Å². The second-order valence-corrected chi connectivity index (χ2v) is 7.98. The molecule has 0 amide bonds. The smallest absolute Gasteiger partial charge is 0.128 e. The maximum Gasteiger partial charge on any atom is 0.128 e. The molecule has 0 saturated heterocycles. The summed E-state index contributed by atoms with van der Waals surface area (Å²) in [5.74, 6) is 0.905. The van der Waals surface area contributed by atoms with Crippen LogP contribution < -0.4 is 0 Å². The Labute approximate surface area is 150 Å². The molecule has 0 fully saturated rings. The Hall–Kier alpha value is -1.43. The Bertz CT molecular complexity index is 860. The Kier molecular flexibility index (Phi) is 4.83. The number of hydrogen-bond donors (Lipinski definition) is 0. The third-order valence-electron chi connectivity index (χ3n) is 4.52. The molecule has 124 valence electrons. The molecule has 2 aromatic heterocycles. The number of fused-ring (bicyclic) bond motifs is 2. The number of thioether (sulfide) groups is 1. The molecule has 0 bridgehead atoms. The van der Waals surface area contributed by atoms with E-state index in [1.807, 2.05) is 0 Å². The molecule has 1 aliphatic carbocycles. The van der Waals surface area contributed by atoms with Crippen LogP contribution >= 0.6 is 23.1 Å². The SMILES string of the molecule is COCCSc1ncnc2scc(-c3ccc4c(c3)CCCC4)c12. The maximum absolute atomic E-state index is 5.17. The summed E-state index contributed by atoms with van der Waals surface area (Å²) in [7, 11) is 1.74. The number of methoxy groups -OCH3 is 1. The highest BCUT2D eigenvalue weighted by atomic mass is 32.2. The van der Waals surface area contributed by atoms with Crippen molar-refractivity contribution in [2.75, 3.05) is 19.5 Å². The van der Waals surface area contributed by atoms with Gasteiger partial charge in [-0.2, -0.15) is 0 Å². The van der Waals surface area contributed by atoms with Gasteiger partial charge in [-0.25, -0.2) is 9.97 Å². The molecule has 4 rings (SSSR count). The van der Waals surface area contributed by atoms with Crippen molar-refractivity contribution in [2.24, 2.45) is 0 Å². The van der Waals surface area contributed by atoms with Gasteiger partial charge in [0.05, 0.1) is 12.0 Å². The van der Waals surface area contributed by atoms with Gasteiger partial charge in [-0.05, 0) is 42.4 Å². The molecular weight excluding hydrogens is 336 g/mol. The number of thiophene rings is 1. The van der Waals surface area contributed by atoms with E-state index in [-0.39, 0.29) is 0 Å². The molecule has 3 aromatic rings. The molecule has 5 heteroatoms. The second kappa shape index (κ2) is 7.21. The lowest BCUT2D eigenvalue weighted by molar-refractivity contribution is 0.218. The van der Waals surface area contributed by atoms with E-state index in [2.05, 4.69) is 33.5 Å². The first kappa shape index (κ1) is 16.1. The van der Waals surface area contributed by atoms with Crippen LogP contribution in [0.3, 0.4) is 0 Å². The van der Waals surface area contributed by atoms with E-state index in [0.717, 1.165) is 22.2 Å². The molecule has 0 saturated carbocycles. The van der Waals surface area contributed by atoms with Crippen LogP contribution in [0.2, 0.25) is 0 Å². The lowest BCUT2D eigenvalue weighted by atomic mass is 9.89. The van der Waals surface area contributed by atoms with Crippen LogP contribution in [-0.4, -0.2) is 29.4 Å². The van der Waals surface area contributed by atoms with Crippen molar-refractivity contribution in [3.05, 3.63) is 41.0 Å². The fourth-order valence-electron chi connectivity index (χ4n) is 3.29. The topological polar surface area (TPSA) is 35.0 Å². The van der Waals surface area contributed by atoms with Crippen molar-refractivity contribution in [2.45, 2.75) is 30.7 Å². The molecule has 0 radical (unpaired) electrons. The summed E-state index contributed by atoms with van der Waals surface area (Å²) in [4.78, 5) is 10.1. The van der Waals surface area contributed by atoms with Crippen LogP contribution in [0.5, 0.6) is 0 Å². The Balaban J connectivity index is 1.76. The zero-order valence-corrected chi connectivity index (χ0v) is 15.4. The third-order valence-corrected chi connectivity index (χ3v) is 6.36. The van der Waals surface area contributed by atoms with Gasteiger partial charge in [0.25, 0.3) is 0 Å². The standard InChI is InChI=1S/C19H20N2OS2/c1-22-8-9-23-18-17-16(11-24-19(17)21-12-20-18)15-7-6-13-4-2-3-5-14(13)10-15/h6-7,10-12H,2-5,8-9H2,1H3. The molecule has 1 aliphatic rings. The van der Waals surface area contributed by atoms with Gasteiger partial charge in [-0.3, -0.25) is 0 Å². The van der Waals surface area contributed by atoms with Crippen molar-refractivity contribution < 1.29 is 4.74 Å². The first-order valence-corrected chi connectivity index (χ1v) is 10.2. The third kappa shape index (κ3) is 3.08. The minimum Gasteiger partial charge on any atom is -0.384 e. The highest BCUT2D eigenvalue weighted by Gasteiger charge is 2.16. The van der Waals surface area contributed by atoms with Crippen molar-refractivity contribution in [3.8, 4) is 11.1 Å². The summed E-state index contributed by atoms with van der Waals surface area (Å²) in [6.07, 6.45) is 6.73. The molecule has 2 heterocycles. The minimum atomic E-state index is 0.731. The van der Waals surface area contributed by atoms with Crippen molar-refractivity contribution in [1.82, 2.24) is 9.97 Å². The molecule has 24 heavy (non-hydrogen) atoms. The van der Waals surface area contributed by atoms with E-state index < -0.39 is 0 Å². The number of ether oxygens (including phenoxy) is 1. The first-order valence-electron chi connectivity index (χ1n) is 8.33. The number of hydrogen-bond acceptors (Lipinski definition) is 5. The number of nitrogens with zero attached hydrogens (tertiary/aromatic N) is 2. The number of benzene rings is 1. The molecule has 0 aliphatic heterocycles. The molecule has 0 N–H and O–H groups in total.